The van der Waals surface area contributed by atoms with Gasteiger partial charge in [0.05, 0.1) is 29.5 Å². The van der Waals surface area contributed by atoms with Gasteiger partial charge in [-0.05, 0) is 29.0 Å². The van der Waals surface area contributed by atoms with E-state index < -0.39 is 0 Å². The van der Waals surface area contributed by atoms with Crippen molar-refractivity contribution in [3.63, 3.8) is 0 Å². The summed E-state index contributed by atoms with van der Waals surface area (Å²) < 4.78 is 3.69. The average molecular weight is 307 g/mol. The Balaban J connectivity index is 1.71. The fraction of sp³-hybridized carbons (Fsp3) is 0.286. The van der Waals surface area contributed by atoms with Crippen molar-refractivity contribution in [2.45, 2.75) is 19.5 Å². The van der Waals surface area contributed by atoms with Gasteiger partial charge in [0, 0.05) is 13.1 Å². The van der Waals surface area contributed by atoms with Crippen LogP contribution in [-0.4, -0.2) is 46.6 Å². The van der Waals surface area contributed by atoms with Gasteiger partial charge in [0.2, 0.25) is 5.65 Å². The quantitative estimate of drug-likeness (QED) is 0.510. The zero-order chi connectivity index (χ0) is 15.2. The SMILES string of the molecule is c1ccc2c(c1)nc(N1CCCn3nncc3C1)c1nnnn12. The predicted molar refractivity (Wildman–Crippen MR) is 81.8 cm³/mol. The largest absolute Gasteiger partial charge is 0.347 e. The van der Waals surface area contributed by atoms with Gasteiger partial charge in [0.15, 0.2) is 5.82 Å². The van der Waals surface area contributed by atoms with Gasteiger partial charge in [-0.1, -0.05) is 17.3 Å². The maximum Gasteiger partial charge on any atom is 0.222 e. The van der Waals surface area contributed by atoms with Crippen LogP contribution in [0.4, 0.5) is 5.82 Å². The molecule has 4 aromatic rings. The van der Waals surface area contributed by atoms with E-state index in [0.717, 1.165) is 42.1 Å². The number of aryl methyl sites for hydroxylation is 1. The van der Waals surface area contributed by atoms with E-state index in [2.05, 4.69) is 30.7 Å². The Kier molecular flexibility index (Phi) is 2.54. The topological polar surface area (TPSA) is 89.9 Å². The van der Waals surface area contributed by atoms with Gasteiger partial charge in [-0.2, -0.15) is 4.52 Å². The molecule has 1 aliphatic rings. The highest BCUT2D eigenvalue weighted by molar-refractivity contribution is 5.82. The summed E-state index contributed by atoms with van der Waals surface area (Å²) in [5.74, 6) is 0.795. The van der Waals surface area contributed by atoms with Gasteiger partial charge in [-0.25, -0.2) is 9.67 Å². The maximum atomic E-state index is 4.81. The number of rotatable bonds is 1. The standard InChI is InChI=1S/C14H13N9/c1-2-5-12-11(4-1)16-13(14-17-18-20-23(12)14)21-6-3-7-22-10(9-21)8-15-19-22/h1-2,4-5,8H,3,6-7,9H2. The number of tetrazole rings is 1. The smallest absolute Gasteiger partial charge is 0.222 e. The molecule has 1 aliphatic heterocycles. The van der Waals surface area contributed by atoms with Crippen molar-refractivity contribution < 1.29 is 0 Å². The first kappa shape index (κ1) is 12.4. The Hall–Kier alpha value is -3.10. The summed E-state index contributed by atoms with van der Waals surface area (Å²) in [6.07, 6.45) is 2.78. The summed E-state index contributed by atoms with van der Waals surface area (Å²) in [6.45, 7) is 2.43. The van der Waals surface area contributed by atoms with Crippen LogP contribution < -0.4 is 4.90 Å². The first-order valence-electron chi connectivity index (χ1n) is 7.49. The second kappa shape index (κ2) is 4.70. The molecule has 0 unspecified atom stereocenters. The van der Waals surface area contributed by atoms with Gasteiger partial charge in [-0.15, -0.1) is 10.2 Å². The van der Waals surface area contributed by atoms with Crippen molar-refractivity contribution in [3.8, 4) is 0 Å². The molecule has 0 bridgehead atoms. The molecule has 4 heterocycles. The number of anilines is 1. The lowest BCUT2D eigenvalue weighted by Crippen LogP contribution is -2.24. The number of hydrogen-bond donors (Lipinski definition) is 0. The van der Waals surface area contributed by atoms with E-state index >= 15 is 0 Å². The first-order valence-corrected chi connectivity index (χ1v) is 7.49. The summed E-state index contributed by atoms with van der Waals surface area (Å²) in [4.78, 5) is 7.01. The van der Waals surface area contributed by atoms with Crippen molar-refractivity contribution in [1.29, 1.82) is 0 Å². The Labute approximate surface area is 130 Å². The van der Waals surface area contributed by atoms with E-state index in [9.17, 15) is 0 Å². The van der Waals surface area contributed by atoms with Gasteiger partial charge >= 0.3 is 0 Å². The Morgan fingerprint density at radius 3 is 3.00 bits per heavy atom. The molecule has 0 N–H and O–H groups in total. The molecule has 23 heavy (non-hydrogen) atoms. The first-order chi connectivity index (χ1) is 11.4. The van der Waals surface area contributed by atoms with Crippen LogP contribution in [0.25, 0.3) is 16.7 Å². The van der Waals surface area contributed by atoms with Gasteiger partial charge in [-0.3, -0.25) is 0 Å². The van der Waals surface area contributed by atoms with E-state index in [1.54, 1.807) is 10.7 Å². The summed E-state index contributed by atoms with van der Waals surface area (Å²) in [5, 5.41) is 20.2. The van der Waals surface area contributed by atoms with Crippen molar-refractivity contribution in [2.75, 3.05) is 11.4 Å². The highest BCUT2D eigenvalue weighted by atomic mass is 15.5. The number of fused-ring (bicyclic) bond motifs is 4. The molecule has 0 atom stereocenters. The number of nitrogens with zero attached hydrogens (tertiary/aromatic N) is 9. The monoisotopic (exact) mass is 307 g/mol. The van der Waals surface area contributed by atoms with Crippen molar-refractivity contribution in [3.05, 3.63) is 36.2 Å². The van der Waals surface area contributed by atoms with Gasteiger partial charge < -0.3 is 4.90 Å². The third-order valence-electron chi connectivity index (χ3n) is 4.15. The van der Waals surface area contributed by atoms with Gasteiger partial charge in [0.1, 0.15) is 0 Å². The minimum Gasteiger partial charge on any atom is -0.347 e. The number of aromatic nitrogens is 8. The van der Waals surface area contributed by atoms with E-state index in [4.69, 9.17) is 4.98 Å². The minimum absolute atomic E-state index is 0.671. The van der Waals surface area contributed by atoms with Crippen LogP contribution in [0.2, 0.25) is 0 Å². The van der Waals surface area contributed by atoms with Crippen LogP contribution in [0.1, 0.15) is 12.1 Å². The van der Waals surface area contributed by atoms with E-state index in [1.807, 2.05) is 28.9 Å². The Bertz CT molecular complexity index is 1000. The second-order valence-corrected chi connectivity index (χ2v) is 5.56. The van der Waals surface area contributed by atoms with Crippen LogP contribution >= 0.6 is 0 Å². The van der Waals surface area contributed by atoms with Crippen LogP contribution in [0.15, 0.2) is 30.5 Å². The second-order valence-electron chi connectivity index (χ2n) is 5.56. The molecule has 3 aromatic heterocycles. The highest BCUT2D eigenvalue weighted by Gasteiger charge is 2.21. The molecule has 9 heteroatoms. The molecule has 0 saturated heterocycles. The van der Waals surface area contributed by atoms with Crippen LogP contribution in [0, 0.1) is 0 Å². The molecule has 1 aromatic carbocycles. The average Bonchev–Trinajstić information content (AvgIpc) is 3.19. The van der Waals surface area contributed by atoms with Crippen molar-refractivity contribution >= 4 is 22.5 Å². The molecular formula is C14H13N9. The van der Waals surface area contributed by atoms with E-state index in [-0.39, 0.29) is 0 Å². The predicted octanol–water partition coefficient (Wildman–Crippen LogP) is 0.674. The van der Waals surface area contributed by atoms with Crippen LogP contribution in [-0.2, 0) is 13.1 Å². The molecule has 5 rings (SSSR count). The third-order valence-corrected chi connectivity index (χ3v) is 4.15. The number of para-hydroxylation sites is 2. The summed E-state index contributed by atoms with van der Waals surface area (Å²) in [5.41, 5.74) is 3.52. The Morgan fingerprint density at radius 2 is 2.00 bits per heavy atom. The molecule has 0 radical (unpaired) electrons. The molecule has 0 fully saturated rings. The molecule has 114 valence electrons. The summed E-state index contributed by atoms with van der Waals surface area (Å²) in [6, 6.07) is 7.87. The fourth-order valence-electron chi connectivity index (χ4n) is 3.06. The van der Waals surface area contributed by atoms with Crippen LogP contribution in [0.5, 0.6) is 0 Å². The molecule has 9 nitrogen and oxygen atoms in total. The molecule has 0 amide bonds. The lowest BCUT2D eigenvalue weighted by Gasteiger charge is -2.21. The lowest BCUT2D eigenvalue weighted by molar-refractivity contribution is 0.569. The zero-order valence-corrected chi connectivity index (χ0v) is 12.2. The lowest BCUT2D eigenvalue weighted by atomic mass is 10.3. The van der Waals surface area contributed by atoms with E-state index in [1.165, 1.54) is 0 Å². The number of benzene rings is 1. The van der Waals surface area contributed by atoms with Crippen molar-refractivity contribution in [1.82, 2.24) is 40.0 Å². The maximum absolute atomic E-state index is 4.81. The van der Waals surface area contributed by atoms with Crippen LogP contribution in [0.3, 0.4) is 0 Å². The number of hydrogen-bond acceptors (Lipinski definition) is 7. The zero-order valence-electron chi connectivity index (χ0n) is 12.2. The van der Waals surface area contributed by atoms with Crippen molar-refractivity contribution in [2.24, 2.45) is 0 Å². The molecule has 0 saturated carbocycles. The normalized spacial score (nSPS) is 15.0. The Morgan fingerprint density at radius 1 is 1.04 bits per heavy atom. The summed E-state index contributed by atoms with van der Waals surface area (Å²) in [7, 11) is 0. The third kappa shape index (κ3) is 1.86. The minimum atomic E-state index is 0.671. The molecule has 0 spiro atoms. The highest BCUT2D eigenvalue weighted by Crippen LogP contribution is 2.25. The molecule has 0 aliphatic carbocycles. The molecular weight excluding hydrogens is 294 g/mol. The fourth-order valence-corrected chi connectivity index (χ4v) is 3.06. The summed E-state index contributed by atoms with van der Waals surface area (Å²) >= 11 is 0. The van der Waals surface area contributed by atoms with E-state index in [0.29, 0.717) is 12.2 Å². The van der Waals surface area contributed by atoms with Gasteiger partial charge in [0.25, 0.3) is 0 Å².